The number of imidazole rings is 1. The van der Waals surface area contributed by atoms with E-state index in [1.165, 1.54) is 7.11 Å². The molecule has 3 N–H and O–H groups in total. The summed E-state index contributed by atoms with van der Waals surface area (Å²) in [5, 5.41) is 0.273. The predicted molar refractivity (Wildman–Crippen MR) is 111 cm³/mol. The molecule has 29 heavy (non-hydrogen) atoms. The van der Waals surface area contributed by atoms with Crippen LogP contribution in [0.15, 0.2) is 34.1 Å². The normalized spacial score (nSPS) is 13.0. The van der Waals surface area contributed by atoms with Gasteiger partial charge in [0.1, 0.15) is 10.7 Å². The lowest BCUT2D eigenvalue weighted by molar-refractivity contribution is 0.355. The van der Waals surface area contributed by atoms with Gasteiger partial charge >= 0.3 is 0 Å². The molecular formula is C21H24N4O4. The third kappa shape index (κ3) is 4.31. The lowest BCUT2D eigenvalue weighted by Gasteiger charge is -2.16. The van der Waals surface area contributed by atoms with Crippen molar-refractivity contribution in [3.05, 3.63) is 72.9 Å². The second-order valence-electron chi connectivity index (χ2n) is 7.55. The van der Waals surface area contributed by atoms with Crippen LogP contribution in [-0.2, 0) is 5.41 Å². The SMILES string of the molecule is COc1ccc(/C=c2/[nH]c(=O)/c(=C\c3nc[nH]c3C(C)(C)C)[nH]c2=O)cc1OC. The summed E-state index contributed by atoms with van der Waals surface area (Å²) in [4.78, 5) is 37.7. The first-order valence-electron chi connectivity index (χ1n) is 9.05. The minimum atomic E-state index is -0.418. The van der Waals surface area contributed by atoms with Crippen LogP contribution in [0.2, 0.25) is 0 Å². The van der Waals surface area contributed by atoms with Crippen molar-refractivity contribution in [1.82, 2.24) is 19.9 Å². The molecule has 0 amide bonds. The molecule has 0 aliphatic heterocycles. The fraction of sp³-hybridized carbons (Fsp3) is 0.286. The molecule has 0 bridgehead atoms. The highest BCUT2D eigenvalue weighted by atomic mass is 16.5. The van der Waals surface area contributed by atoms with Crippen molar-refractivity contribution in [1.29, 1.82) is 0 Å². The average Bonchev–Trinajstić information content (AvgIpc) is 3.14. The summed E-state index contributed by atoms with van der Waals surface area (Å²) < 4.78 is 10.5. The van der Waals surface area contributed by atoms with Crippen LogP contribution in [0.25, 0.3) is 12.2 Å². The van der Waals surface area contributed by atoms with Crippen molar-refractivity contribution in [2.24, 2.45) is 0 Å². The van der Waals surface area contributed by atoms with E-state index in [-0.39, 0.29) is 16.1 Å². The van der Waals surface area contributed by atoms with Crippen LogP contribution in [0.5, 0.6) is 11.5 Å². The molecule has 0 saturated heterocycles. The smallest absolute Gasteiger partial charge is 0.272 e. The first-order valence-corrected chi connectivity index (χ1v) is 9.05. The predicted octanol–water partition coefficient (Wildman–Crippen LogP) is 0.759. The van der Waals surface area contributed by atoms with E-state index in [9.17, 15) is 9.59 Å². The standard InChI is InChI=1S/C21H24N4O4/c1-21(2,3)18-13(22-11-23-18)10-15-20(27)24-14(19(26)25-15)8-12-6-7-16(28-4)17(9-12)29-5/h6-11H,1-5H3,(H,22,23)(H,24,27)(H,25,26)/b14-8+,15-10+. The van der Waals surface area contributed by atoms with E-state index in [4.69, 9.17) is 9.47 Å². The molecule has 3 rings (SSSR count). The third-order valence-corrected chi connectivity index (χ3v) is 4.40. The van der Waals surface area contributed by atoms with E-state index >= 15 is 0 Å². The number of methoxy groups -OCH3 is 2. The number of ether oxygens (including phenoxy) is 2. The Hall–Kier alpha value is -3.55. The van der Waals surface area contributed by atoms with E-state index in [1.54, 1.807) is 43.8 Å². The van der Waals surface area contributed by atoms with Crippen LogP contribution >= 0.6 is 0 Å². The van der Waals surface area contributed by atoms with Crippen LogP contribution in [-0.4, -0.2) is 34.2 Å². The zero-order chi connectivity index (χ0) is 21.2. The highest BCUT2D eigenvalue weighted by Crippen LogP contribution is 2.27. The monoisotopic (exact) mass is 396 g/mol. The highest BCUT2D eigenvalue weighted by Gasteiger charge is 2.19. The molecule has 0 fully saturated rings. The summed E-state index contributed by atoms with van der Waals surface area (Å²) in [6, 6.07) is 5.21. The summed E-state index contributed by atoms with van der Waals surface area (Å²) in [5.74, 6) is 1.10. The Morgan fingerprint density at radius 1 is 0.931 bits per heavy atom. The quantitative estimate of drug-likeness (QED) is 0.603. The molecule has 0 aliphatic carbocycles. The summed E-state index contributed by atoms with van der Waals surface area (Å²) >= 11 is 0. The van der Waals surface area contributed by atoms with Crippen molar-refractivity contribution in [2.75, 3.05) is 14.2 Å². The Labute approximate surface area is 167 Å². The molecule has 152 valence electrons. The maximum Gasteiger partial charge on any atom is 0.272 e. The van der Waals surface area contributed by atoms with Crippen molar-refractivity contribution >= 4 is 12.2 Å². The van der Waals surface area contributed by atoms with Gasteiger partial charge in [0.2, 0.25) is 0 Å². The second kappa shape index (κ2) is 7.83. The molecule has 0 radical (unpaired) electrons. The maximum absolute atomic E-state index is 12.5. The molecule has 0 unspecified atom stereocenters. The molecule has 8 nitrogen and oxygen atoms in total. The Morgan fingerprint density at radius 3 is 2.14 bits per heavy atom. The molecule has 0 saturated carbocycles. The molecule has 0 aliphatic rings. The van der Waals surface area contributed by atoms with Gasteiger partial charge < -0.3 is 24.4 Å². The average molecular weight is 396 g/mol. The number of aromatic nitrogens is 4. The van der Waals surface area contributed by atoms with Gasteiger partial charge in [-0.3, -0.25) is 9.59 Å². The fourth-order valence-electron chi connectivity index (χ4n) is 2.96. The summed E-state index contributed by atoms with van der Waals surface area (Å²) in [7, 11) is 3.07. The van der Waals surface area contributed by atoms with Gasteiger partial charge in [-0.05, 0) is 29.8 Å². The van der Waals surface area contributed by atoms with Gasteiger partial charge in [0.15, 0.2) is 11.5 Å². The number of benzene rings is 1. The Kier molecular flexibility index (Phi) is 5.45. The van der Waals surface area contributed by atoms with Gasteiger partial charge in [-0.1, -0.05) is 26.8 Å². The molecule has 8 heteroatoms. The first kappa shape index (κ1) is 20.2. The van der Waals surface area contributed by atoms with Gasteiger partial charge in [0, 0.05) is 11.1 Å². The van der Waals surface area contributed by atoms with Crippen LogP contribution in [0.1, 0.15) is 37.7 Å². The van der Waals surface area contributed by atoms with E-state index < -0.39 is 11.1 Å². The van der Waals surface area contributed by atoms with Crippen LogP contribution in [0, 0.1) is 0 Å². The minimum Gasteiger partial charge on any atom is -0.493 e. The summed E-state index contributed by atoms with van der Waals surface area (Å²) in [6.45, 7) is 6.10. The second-order valence-corrected chi connectivity index (χ2v) is 7.55. The van der Waals surface area contributed by atoms with Crippen LogP contribution in [0.4, 0.5) is 0 Å². The molecule has 2 heterocycles. The number of rotatable bonds is 4. The van der Waals surface area contributed by atoms with Crippen molar-refractivity contribution in [3.63, 3.8) is 0 Å². The first-order chi connectivity index (χ1) is 13.7. The number of nitrogens with zero attached hydrogens (tertiary/aromatic N) is 1. The maximum atomic E-state index is 12.5. The number of hydrogen-bond donors (Lipinski definition) is 3. The zero-order valence-electron chi connectivity index (χ0n) is 17.0. The number of hydrogen-bond acceptors (Lipinski definition) is 5. The summed E-state index contributed by atoms with van der Waals surface area (Å²) in [6.07, 6.45) is 4.70. The molecular weight excluding hydrogens is 372 g/mol. The molecule has 1 aromatic carbocycles. The largest absolute Gasteiger partial charge is 0.493 e. The van der Waals surface area contributed by atoms with Gasteiger partial charge in [0.25, 0.3) is 11.1 Å². The van der Waals surface area contributed by atoms with Gasteiger partial charge in [0.05, 0.1) is 26.2 Å². The van der Waals surface area contributed by atoms with Gasteiger partial charge in [-0.15, -0.1) is 0 Å². The molecule has 3 aromatic rings. The van der Waals surface area contributed by atoms with E-state index in [1.807, 2.05) is 20.8 Å². The number of nitrogens with one attached hydrogen (secondary N) is 3. The van der Waals surface area contributed by atoms with Crippen LogP contribution < -0.4 is 31.3 Å². The molecule has 0 atom stereocenters. The Bertz CT molecular complexity index is 1260. The minimum absolute atomic E-state index is 0.136. The van der Waals surface area contributed by atoms with Crippen molar-refractivity contribution < 1.29 is 9.47 Å². The van der Waals surface area contributed by atoms with Gasteiger partial charge in [-0.25, -0.2) is 4.98 Å². The summed E-state index contributed by atoms with van der Waals surface area (Å²) in [5.41, 5.74) is 1.14. The number of aromatic amines is 3. The van der Waals surface area contributed by atoms with E-state index in [2.05, 4.69) is 19.9 Å². The Morgan fingerprint density at radius 2 is 1.55 bits per heavy atom. The highest BCUT2D eigenvalue weighted by molar-refractivity contribution is 5.55. The third-order valence-electron chi connectivity index (χ3n) is 4.40. The lowest BCUT2D eigenvalue weighted by atomic mass is 9.90. The fourth-order valence-corrected chi connectivity index (χ4v) is 2.96. The van der Waals surface area contributed by atoms with Crippen molar-refractivity contribution in [3.8, 4) is 11.5 Å². The van der Waals surface area contributed by atoms with Gasteiger partial charge in [-0.2, -0.15) is 0 Å². The topological polar surface area (TPSA) is 113 Å². The van der Waals surface area contributed by atoms with E-state index in [0.717, 1.165) is 5.69 Å². The molecule has 2 aromatic heterocycles. The molecule has 0 spiro atoms. The number of H-pyrrole nitrogens is 3. The van der Waals surface area contributed by atoms with E-state index in [0.29, 0.717) is 22.8 Å². The van der Waals surface area contributed by atoms with Crippen molar-refractivity contribution in [2.45, 2.75) is 26.2 Å². The zero-order valence-corrected chi connectivity index (χ0v) is 17.0. The lowest BCUT2D eigenvalue weighted by Crippen LogP contribution is -2.46. The Balaban J connectivity index is 2.10. The van der Waals surface area contributed by atoms with Crippen LogP contribution in [0.3, 0.4) is 0 Å².